The van der Waals surface area contributed by atoms with Crippen molar-refractivity contribution in [2.45, 2.75) is 83.1 Å². The maximum atomic E-state index is 12.3. The summed E-state index contributed by atoms with van der Waals surface area (Å²) in [5.41, 5.74) is 4.08. The molecule has 5 nitrogen and oxygen atoms in total. The van der Waals surface area contributed by atoms with Gasteiger partial charge < -0.3 is 14.4 Å². The molecule has 0 saturated carbocycles. The van der Waals surface area contributed by atoms with Crippen molar-refractivity contribution in [1.29, 1.82) is 0 Å². The van der Waals surface area contributed by atoms with Gasteiger partial charge in [0.2, 0.25) is 0 Å². The molecule has 2 aromatic heterocycles. The average molecular weight is 629 g/mol. The van der Waals surface area contributed by atoms with Gasteiger partial charge in [-0.2, -0.15) is 0 Å². The first kappa shape index (κ1) is 31.9. The highest BCUT2D eigenvalue weighted by atomic mass is 35.5. The van der Waals surface area contributed by atoms with Crippen LogP contribution in [0.3, 0.4) is 0 Å². The van der Waals surface area contributed by atoms with Gasteiger partial charge in [0.05, 0.1) is 16.6 Å². The van der Waals surface area contributed by atoms with Crippen molar-refractivity contribution in [2.24, 2.45) is 5.41 Å². The number of pyridine rings is 1. The van der Waals surface area contributed by atoms with Gasteiger partial charge in [0.1, 0.15) is 11.9 Å². The Morgan fingerprint density at radius 1 is 1.00 bits per heavy atom. The van der Waals surface area contributed by atoms with E-state index >= 15 is 0 Å². The number of hydrogen-bond donors (Lipinski definition) is 1. The first-order valence-electron chi connectivity index (χ1n) is 15.2. The number of aromatic nitrogens is 2. The van der Waals surface area contributed by atoms with Crippen molar-refractivity contribution >= 4 is 51.1 Å². The average Bonchev–Trinajstić information content (AvgIpc) is 3.23. The molecule has 0 aliphatic heterocycles. The molecule has 1 atom stereocenters. The molecule has 0 amide bonds. The van der Waals surface area contributed by atoms with Crippen molar-refractivity contribution in [3.63, 3.8) is 0 Å². The minimum absolute atomic E-state index is 0.0991. The van der Waals surface area contributed by atoms with Gasteiger partial charge in [-0.05, 0) is 68.3 Å². The van der Waals surface area contributed by atoms with Gasteiger partial charge in [-0.1, -0.05) is 82.1 Å². The van der Waals surface area contributed by atoms with E-state index in [0.717, 1.165) is 62.2 Å². The minimum atomic E-state index is -0.952. The van der Waals surface area contributed by atoms with Gasteiger partial charge in [-0.25, -0.2) is 4.98 Å². The summed E-state index contributed by atoms with van der Waals surface area (Å²) in [6, 6.07) is 26.4. The van der Waals surface area contributed by atoms with Crippen molar-refractivity contribution < 1.29 is 14.6 Å². The molecule has 230 valence electrons. The topological polar surface area (TPSA) is 64.3 Å². The number of benzene rings is 3. The van der Waals surface area contributed by atoms with Crippen LogP contribution in [-0.4, -0.2) is 25.4 Å². The Bertz CT molecular complexity index is 1790. The molecule has 1 N–H and O–H groups in total. The second kappa shape index (κ2) is 12.9. The molecule has 0 aliphatic carbocycles. The fourth-order valence-corrected chi connectivity index (χ4v) is 6.74. The van der Waals surface area contributed by atoms with Crippen LogP contribution in [0.25, 0.3) is 21.8 Å². The largest absolute Gasteiger partial charge is 0.484 e. The molecule has 5 rings (SSSR count). The second-order valence-corrected chi connectivity index (χ2v) is 15.3. The number of carbonyl (C=O) groups is 1. The predicted octanol–water partition coefficient (Wildman–Crippen LogP) is 10.4. The van der Waals surface area contributed by atoms with E-state index in [1.54, 1.807) is 25.6 Å². The van der Waals surface area contributed by atoms with Gasteiger partial charge in [0, 0.05) is 49.6 Å². The predicted molar refractivity (Wildman–Crippen MR) is 183 cm³/mol. The van der Waals surface area contributed by atoms with Crippen molar-refractivity contribution in [3.8, 4) is 5.75 Å². The van der Waals surface area contributed by atoms with E-state index in [0.29, 0.717) is 18.0 Å². The lowest BCUT2D eigenvalue weighted by molar-refractivity contribution is -0.146. The van der Waals surface area contributed by atoms with Crippen LogP contribution in [0.15, 0.2) is 83.8 Å². The molecule has 0 unspecified atom stereocenters. The number of halogens is 1. The van der Waals surface area contributed by atoms with Crippen LogP contribution in [0.4, 0.5) is 0 Å². The second-order valence-electron chi connectivity index (χ2n) is 13.1. The molecule has 0 spiro atoms. The normalized spacial score (nSPS) is 13.0. The molecule has 0 radical (unpaired) electrons. The van der Waals surface area contributed by atoms with E-state index in [4.69, 9.17) is 21.3 Å². The van der Waals surface area contributed by atoms with E-state index in [9.17, 15) is 9.90 Å². The first-order valence-corrected chi connectivity index (χ1v) is 16.4. The third-order valence-corrected chi connectivity index (χ3v) is 9.24. The summed E-state index contributed by atoms with van der Waals surface area (Å²) < 4.78 is 8.89. The fraction of sp³-hybridized carbons (Fsp3) is 0.351. The zero-order chi connectivity index (χ0) is 31.6. The molecule has 0 aliphatic rings. The SMILES string of the molecule is CCC[C@H](Oc1ccc2c(c1)c(SC(C)(C)C)c(CC(C)(C)C(=O)O)n2Cc1ccc(Cl)cc1)c1ccc2ccccc2n1. The third kappa shape index (κ3) is 7.24. The standard InChI is InChI=1S/C37H41ClN2O3S/c1-7-10-33(30-19-15-25-11-8-9-12-29(25)39-30)43-27-18-20-31-28(21-27)34(44-36(2,3)4)32(22-37(5,6)35(41)42)40(31)23-24-13-16-26(38)17-14-24/h8-9,11-21,33H,7,10,22-23H2,1-6H3,(H,41,42)/t33-/m0/s1. The molecular weight excluding hydrogens is 588 g/mol. The summed E-state index contributed by atoms with van der Waals surface area (Å²) in [5, 5.41) is 13.0. The van der Waals surface area contributed by atoms with Gasteiger partial charge in [0.25, 0.3) is 0 Å². The first-order chi connectivity index (χ1) is 20.8. The lowest BCUT2D eigenvalue weighted by Crippen LogP contribution is -2.28. The Hall–Kier alpha value is -3.48. The number of fused-ring (bicyclic) bond motifs is 2. The highest BCUT2D eigenvalue weighted by Gasteiger charge is 2.33. The van der Waals surface area contributed by atoms with E-state index in [1.165, 1.54) is 0 Å². The van der Waals surface area contributed by atoms with Crippen LogP contribution in [0.1, 0.15) is 77.4 Å². The monoisotopic (exact) mass is 628 g/mol. The highest BCUT2D eigenvalue weighted by Crippen LogP contribution is 2.44. The van der Waals surface area contributed by atoms with E-state index < -0.39 is 11.4 Å². The Morgan fingerprint density at radius 2 is 1.73 bits per heavy atom. The fourth-order valence-electron chi connectivity index (χ4n) is 5.43. The lowest BCUT2D eigenvalue weighted by Gasteiger charge is -2.24. The molecule has 44 heavy (non-hydrogen) atoms. The molecule has 0 fully saturated rings. The molecule has 0 bridgehead atoms. The Morgan fingerprint density at radius 3 is 2.41 bits per heavy atom. The number of carboxylic acid groups (broad SMARTS) is 1. The van der Waals surface area contributed by atoms with E-state index in [1.807, 2.05) is 48.5 Å². The van der Waals surface area contributed by atoms with Crippen LogP contribution in [0, 0.1) is 5.41 Å². The van der Waals surface area contributed by atoms with Gasteiger partial charge in [-0.15, -0.1) is 11.8 Å². The van der Waals surface area contributed by atoms with E-state index in [-0.39, 0.29) is 10.9 Å². The quantitative estimate of drug-likeness (QED) is 0.147. The number of nitrogens with zero attached hydrogens (tertiary/aromatic N) is 2. The summed E-state index contributed by atoms with van der Waals surface area (Å²) in [4.78, 5) is 18.4. The Labute approximate surface area is 269 Å². The summed E-state index contributed by atoms with van der Waals surface area (Å²) in [6.45, 7) is 12.9. The number of rotatable bonds is 11. The Balaban J connectivity index is 1.64. The van der Waals surface area contributed by atoms with Crippen LogP contribution >= 0.6 is 23.4 Å². The minimum Gasteiger partial charge on any atom is -0.484 e. The Kier molecular flexibility index (Phi) is 9.33. The van der Waals surface area contributed by atoms with Crippen molar-refractivity contribution in [1.82, 2.24) is 9.55 Å². The molecule has 5 aromatic rings. The number of ether oxygens (including phenoxy) is 1. The van der Waals surface area contributed by atoms with Gasteiger partial charge in [-0.3, -0.25) is 4.79 Å². The number of aliphatic carboxylic acids is 1. The maximum Gasteiger partial charge on any atom is 0.309 e. The van der Waals surface area contributed by atoms with Crippen LogP contribution in [-0.2, 0) is 17.8 Å². The van der Waals surface area contributed by atoms with Gasteiger partial charge >= 0.3 is 5.97 Å². The maximum absolute atomic E-state index is 12.3. The molecule has 3 aromatic carbocycles. The highest BCUT2D eigenvalue weighted by molar-refractivity contribution is 8.00. The number of para-hydroxylation sites is 1. The zero-order valence-corrected chi connectivity index (χ0v) is 27.9. The summed E-state index contributed by atoms with van der Waals surface area (Å²) >= 11 is 7.98. The van der Waals surface area contributed by atoms with Crippen LogP contribution in [0.5, 0.6) is 5.75 Å². The molecule has 7 heteroatoms. The molecular formula is C37H41ClN2O3S. The van der Waals surface area contributed by atoms with Crippen molar-refractivity contribution in [2.75, 3.05) is 0 Å². The molecule has 2 heterocycles. The number of carboxylic acids is 1. The smallest absolute Gasteiger partial charge is 0.309 e. The molecule has 0 saturated heterocycles. The summed E-state index contributed by atoms with van der Waals surface area (Å²) in [6.07, 6.45) is 1.99. The van der Waals surface area contributed by atoms with Crippen LogP contribution < -0.4 is 4.74 Å². The number of hydrogen-bond acceptors (Lipinski definition) is 4. The third-order valence-electron chi connectivity index (χ3n) is 7.72. The number of thioether (sulfide) groups is 1. The van der Waals surface area contributed by atoms with Gasteiger partial charge in [0.15, 0.2) is 0 Å². The summed E-state index contributed by atoms with van der Waals surface area (Å²) in [7, 11) is 0. The lowest BCUT2D eigenvalue weighted by atomic mass is 9.88. The van der Waals surface area contributed by atoms with Crippen LogP contribution in [0.2, 0.25) is 5.02 Å². The van der Waals surface area contributed by atoms with Crippen molar-refractivity contribution in [3.05, 3.63) is 101 Å². The van der Waals surface area contributed by atoms with E-state index in [2.05, 4.69) is 62.6 Å². The zero-order valence-electron chi connectivity index (χ0n) is 26.4. The summed E-state index contributed by atoms with van der Waals surface area (Å²) in [5.74, 6) is -0.0452.